The molecule has 1 unspecified atom stereocenters. The summed E-state index contributed by atoms with van der Waals surface area (Å²) >= 11 is 5.84. The molecule has 5 nitrogen and oxygen atoms in total. The highest BCUT2D eigenvalue weighted by atomic mass is 35.5. The molecule has 0 spiro atoms. The van der Waals surface area contributed by atoms with E-state index in [-0.39, 0.29) is 12.5 Å². The Morgan fingerprint density at radius 1 is 1.43 bits per heavy atom. The van der Waals surface area contributed by atoms with Crippen molar-refractivity contribution >= 4 is 23.5 Å². The Hall–Kier alpha value is -1.75. The monoisotopic (exact) mass is 313 g/mol. The molecule has 1 aromatic carbocycles. The van der Waals surface area contributed by atoms with Crippen molar-refractivity contribution in [3.05, 3.63) is 28.8 Å². The van der Waals surface area contributed by atoms with Gasteiger partial charge in [-0.25, -0.2) is 0 Å². The number of benzene rings is 1. The molecule has 0 saturated heterocycles. The van der Waals surface area contributed by atoms with Gasteiger partial charge in [0, 0.05) is 11.6 Å². The number of amides is 1. The second-order valence-electron chi connectivity index (χ2n) is 4.93. The van der Waals surface area contributed by atoms with Crippen LogP contribution >= 0.6 is 11.6 Å². The summed E-state index contributed by atoms with van der Waals surface area (Å²) < 4.78 is 5.41. The molecule has 21 heavy (non-hydrogen) atoms. The standard InChI is InChI=1S/C15H20ClNO4/c1-10(15(19)20)4-3-7-17-14(18)9-21-13-6-5-12(16)8-11(13)2/h5-6,8,10H,3-4,7,9H2,1-2H3,(H,17,18)(H,19,20). The van der Waals surface area contributed by atoms with E-state index in [0.717, 1.165) is 5.56 Å². The number of aliphatic carboxylic acids is 1. The normalized spacial score (nSPS) is 11.8. The first-order chi connectivity index (χ1) is 9.90. The van der Waals surface area contributed by atoms with Gasteiger partial charge in [0.15, 0.2) is 6.61 Å². The molecule has 1 amide bonds. The predicted octanol–water partition coefficient (Wildman–Crippen LogP) is 2.64. The van der Waals surface area contributed by atoms with Gasteiger partial charge in [-0.1, -0.05) is 18.5 Å². The van der Waals surface area contributed by atoms with Crippen molar-refractivity contribution in [1.82, 2.24) is 5.32 Å². The summed E-state index contributed by atoms with van der Waals surface area (Å²) in [5.74, 6) is -0.820. The van der Waals surface area contributed by atoms with Crippen LogP contribution in [0.2, 0.25) is 5.02 Å². The summed E-state index contributed by atoms with van der Waals surface area (Å²) in [4.78, 5) is 22.2. The number of nitrogens with one attached hydrogen (secondary N) is 1. The maximum absolute atomic E-state index is 11.6. The van der Waals surface area contributed by atoms with E-state index in [1.54, 1.807) is 25.1 Å². The lowest BCUT2D eigenvalue weighted by molar-refractivity contribution is -0.141. The van der Waals surface area contributed by atoms with Crippen LogP contribution in [0.5, 0.6) is 5.75 Å². The minimum Gasteiger partial charge on any atom is -0.484 e. The highest BCUT2D eigenvalue weighted by Gasteiger charge is 2.10. The number of halogens is 1. The zero-order chi connectivity index (χ0) is 15.8. The van der Waals surface area contributed by atoms with Crippen molar-refractivity contribution in [2.75, 3.05) is 13.2 Å². The molecular formula is C15H20ClNO4. The number of hydrogen-bond donors (Lipinski definition) is 2. The van der Waals surface area contributed by atoms with E-state index in [1.807, 2.05) is 6.92 Å². The third kappa shape index (κ3) is 6.49. The fraction of sp³-hybridized carbons (Fsp3) is 0.467. The molecule has 0 heterocycles. The van der Waals surface area contributed by atoms with Gasteiger partial charge in [-0.15, -0.1) is 0 Å². The fourth-order valence-electron chi connectivity index (χ4n) is 1.73. The summed E-state index contributed by atoms with van der Waals surface area (Å²) in [7, 11) is 0. The van der Waals surface area contributed by atoms with E-state index < -0.39 is 11.9 Å². The van der Waals surface area contributed by atoms with Crippen LogP contribution in [0, 0.1) is 12.8 Å². The summed E-state index contributed by atoms with van der Waals surface area (Å²) in [5, 5.41) is 12.0. The summed E-state index contributed by atoms with van der Waals surface area (Å²) in [6.45, 7) is 3.87. The molecule has 6 heteroatoms. The lowest BCUT2D eigenvalue weighted by Crippen LogP contribution is -2.30. The van der Waals surface area contributed by atoms with Gasteiger partial charge in [0.05, 0.1) is 5.92 Å². The van der Waals surface area contributed by atoms with Crippen LogP contribution in [0.15, 0.2) is 18.2 Å². The maximum Gasteiger partial charge on any atom is 0.306 e. The molecule has 0 aromatic heterocycles. The SMILES string of the molecule is Cc1cc(Cl)ccc1OCC(=O)NCCCC(C)C(=O)O. The van der Waals surface area contributed by atoms with Gasteiger partial charge in [0.25, 0.3) is 5.91 Å². The highest BCUT2D eigenvalue weighted by molar-refractivity contribution is 6.30. The van der Waals surface area contributed by atoms with Gasteiger partial charge >= 0.3 is 5.97 Å². The van der Waals surface area contributed by atoms with Crippen molar-refractivity contribution < 1.29 is 19.4 Å². The molecule has 0 aliphatic heterocycles. The van der Waals surface area contributed by atoms with Crippen LogP contribution < -0.4 is 10.1 Å². The van der Waals surface area contributed by atoms with E-state index in [4.69, 9.17) is 21.4 Å². The van der Waals surface area contributed by atoms with Crippen LogP contribution in [0.4, 0.5) is 0 Å². The third-order valence-corrected chi connectivity index (χ3v) is 3.29. The van der Waals surface area contributed by atoms with Crippen LogP contribution in [-0.2, 0) is 9.59 Å². The van der Waals surface area contributed by atoms with E-state index in [0.29, 0.717) is 30.2 Å². The molecule has 116 valence electrons. The van der Waals surface area contributed by atoms with E-state index in [1.165, 1.54) is 0 Å². The lowest BCUT2D eigenvalue weighted by Gasteiger charge is -2.10. The number of carboxylic acids is 1. The van der Waals surface area contributed by atoms with Crippen molar-refractivity contribution in [3.63, 3.8) is 0 Å². The first kappa shape index (κ1) is 17.3. The molecule has 0 aliphatic rings. The highest BCUT2D eigenvalue weighted by Crippen LogP contribution is 2.21. The number of ether oxygens (including phenoxy) is 1. The van der Waals surface area contributed by atoms with Crippen LogP contribution in [0.1, 0.15) is 25.3 Å². The van der Waals surface area contributed by atoms with E-state index in [2.05, 4.69) is 5.32 Å². The third-order valence-electron chi connectivity index (χ3n) is 3.05. The molecule has 2 N–H and O–H groups in total. The summed E-state index contributed by atoms with van der Waals surface area (Å²) in [6.07, 6.45) is 1.16. The zero-order valence-electron chi connectivity index (χ0n) is 12.2. The van der Waals surface area contributed by atoms with Gasteiger partial charge in [0.2, 0.25) is 0 Å². The molecule has 0 bridgehead atoms. The Bertz CT molecular complexity index is 504. The Labute approximate surface area is 129 Å². The van der Waals surface area contributed by atoms with Crippen molar-refractivity contribution in [3.8, 4) is 5.75 Å². The summed E-state index contributed by atoms with van der Waals surface area (Å²) in [6, 6.07) is 5.19. The van der Waals surface area contributed by atoms with Gasteiger partial charge in [-0.05, 0) is 43.5 Å². The van der Waals surface area contributed by atoms with Gasteiger partial charge in [0.1, 0.15) is 5.75 Å². The van der Waals surface area contributed by atoms with Gasteiger partial charge in [-0.3, -0.25) is 9.59 Å². The number of aryl methyl sites for hydroxylation is 1. The first-order valence-electron chi connectivity index (χ1n) is 6.78. The first-order valence-corrected chi connectivity index (χ1v) is 7.16. The second kappa shape index (κ2) is 8.52. The molecular weight excluding hydrogens is 294 g/mol. The van der Waals surface area contributed by atoms with Crippen molar-refractivity contribution in [2.45, 2.75) is 26.7 Å². The number of carbonyl (C=O) groups is 2. The lowest BCUT2D eigenvalue weighted by atomic mass is 10.1. The molecule has 0 aliphatic carbocycles. The minimum atomic E-state index is -0.817. The molecule has 1 aromatic rings. The number of carbonyl (C=O) groups excluding carboxylic acids is 1. The number of hydrogen-bond acceptors (Lipinski definition) is 3. The van der Waals surface area contributed by atoms with E-state index in [9.17, 15) is 9.59 Å². The Morgan fingerprint density at radius 2 is 2.14 bits per heavy atom. The predicted molar refractivity (Wildman–Crippen MR) is 80.7 cm³/mol. The Balaban J connectivity index is 2.24. The Kier molecular flexibility index (Phi) is 7.02. The fourth-order valence-corrected chi connectivity index (χ4v) is 1.96. The van der Waals surface area contributed by atoms with Crippen LogP contribution in [-0.4, -0.2) is 30.1 Å². The zero-order valence-corrected chi connectivity index (χ0v) is 12.9. The molecule has 0 fully saturated rings. The smallest absolute Gasteiger partial charge is 0.306 e. The Morgan fingerprint density at radius 3 is 2.76 bits per heavy atom. The minimum absolute atomic E-state index is 0.0725. The number of carboxylic acid groups (broad SMARTS) is 1. The summed E-state index contributed by atoms with van der Waals surface area (Å²) in [5.41, 5.74) is 0.866. The quantitative estimate of drug-likeness (QED) is 0.723. The van der Waals surface area contributed by atoms with Gasteiger partial charge in [-0.2, -0.15) is 0 Å². The van der Waals surface area contributed by atoms with Crippen molar-refractivity contribution in [1.29, 1.82) is 0 Å². The topological polar surface area (TPSA) is 75.6 Å². The second-order valence-corrected chi connectivity index (χ2v) is 5.37. The van der Waals surface area contributed by atoms with Crippen LogP contribution in [0.3, 0.4) is 0 Å². The van der Waals surface area contributed by atoms with E-state index >= 15 is 0 Å². The average molecular weight is 314 g/mol. The largest absolute Gasteiger partial charge is 0.484 e. The molecule has 1 atom stereocenters. The molecule has 0 radical (unpaired) electrons. The maximum atomic E-state index is 11.6. The van der Waals surface area contributed by atoms with Crippen LogP contribution in [0.25, 0.3) is 0 Å². The van der Waals surface area contributed by atoms with Crippen molar-refractivity contribution in [2.24, 2.45) is 5.92 Å². The molecule has 0 saturated carbocycles. The van der Waals surface area contributed by atoms with Gasteiger partial charge < -0.3 is 15.2 Å². The average Bonchev–Trinajstić information content (AvgIpc) is 2.42. The molecule has 1 rings (SSSR count). The number of rotatable bonds is 8.